The number of amides is 1. The number of rotatable bonds is 6. The van der Waals surface area contributed by atoms with Gasteiger partial charge in [-0.25, -0.2) is 4.79 Å². The van der Waals surface area contributed by atoms with Gasteiger partial charge in [-0.1, -0.05) is 13.8 Å². The molecule has 0 rings (SSSR count). The summed E-state index contributed by atoms with van der Waals surface area (Å²) in [6, 6.07) is -1.16. The number of nitrogens with zero attached hydrogens (tertiary/aromatic N) is 1. The molecule has 0 aliphatic heterocycles. The first-order chi connectivity index (χ1) is 7.81. The van der Waals surface area contributed by atoms with Gasteiger partial charge in [0.1, 0.15) is 0 Å². The maximum absolute atomic E-state index is 11.9. The number of hydrogen-bond acceptors (Lipinski definition) is 4. The second-order valence-electron chi connectivity index (χ2n) is 4.66. The number of ether oxygens (including phenoxy) is 1. The van der Waals surface area contributed by atoms with E-state index in [1.165, 1.54) is 4.90 Å². The van der Waals surface area contributed by atoms with E-state index in [2.05, 4.69) is 13.8 Å². The Bertz CT molecular complexity index is 266. The fraction of sp³-hybridized carbons (Fsp3) is 0.833. The van der Waals surface area contributed by atoms with Crippen LogP contribution in [0, 0.1) is 5.92 Å². The summed E-state index contributed by atoms with van der Waals surface area (Å²) in [6.45, 7) is 8.02. The maximum atomic E-state index is 11.9. The molecule has 0 heterocycles. The predicted molar refractivity (Wildman–Crippen MR) is 66.3 cm³/mol. The molecular weight excluding hydrogens is 220 g/mol. The summed E-state index contributed by atoms with van der Waals surface area (Å²) in [6.07, 6.45) is 0.873. The molecule has 0 fully saturated rings. The molecule has 5 nitrogen and oxygen atoms in total. The van der Waals surface area contributed by atoms with Crippen LogP contribution in [0.4, 0.5) is 0 Å². The van der Waals surface area contributed by atoms with Gasteiger partial charge in [-0.05, 0) is 26.2 Å². The second-order valence-corrected chi connectivity index (χ2v) is 4.66. The minimum absolute atomic E-state index is 0.0583. The van der Waals surface area contributed by atoms with Gasteiger partial charge >= 0.3 is 5.97 Å². The molecule has 2 N–H and O–H groups in total. The Hall–Kier alpha value is -1.10. The van der Waals surface area contributed by atoms with Crippen LogP contribution in [0.2, 0.25) is 0 Å². The smallest absolute Gasteiger partial charge is 0.332 e. The minimum Gasteiger partial charge on any atom is -0.464 e. The molecule has 100 valence electrons. The van der Waals surface area contributed by atoms with Crippen molar-refractivity contribution >= 4 is 11.9 Å². The van der Waals surface area contributed by atoms with Crippen molar-refractivity contribution in [3.05, 3.63) is 0 Å². The Kier molecular flexibility index (Phi) is 6.80. The van der Waals surface area contributed by atoms with E-state index >= 15 is 0 Å². The Balaban J connectivity index is 4.43. The molecule has 5 heteroatoms. The van der Waals surface area contributed by atoms with Crippen molar-refractivity contribution in [2.45, 2.75) is 46.2 Å². The van der Waals surface area contributed by atoms with E-state index in [4.69, 9.17) is 10.5 Å². The molecule has 0 saturated heterocycles. The number of nitrogens with two attached hydrogens (primary N) is 1. The summed E-state index contributed by atoms with van der Waals surface area (Å²) < 4.78 is 4.72. The van der Waals surface area contributed by atoms with E-state index < -0.39 is 17.9 Å². The Morgan fingerprint density at radius 1 is 1.29 bits per heavy atom. The van der Waals surface area contributed by atoms with E-state index in [1.807, 2.05) is 6.92 Å². The third-order valence-corrected chi connectivity index (χ3v) is 2.63. The summed E-state index contributed by atoms with van der Waals surface area (Å²) >= 11 is 0. The first kappa shape index (κ1) is 15.9. The zero-order chi connectivity index (χ0) is 13.6. The topological polar surface area (TPSA) is 72.6 Å². The highest BCUT2D eigenvalue weighted by atomic mass is 16.5. The first-order valence-corrected chi connectivity index (χ1v) is 6.00. The highest BCUT2D eigenvalue weighted by Gasteiger charge is 2.28. The summed E-state index contributed by atoms with van der Waals surface area (Å²) in [5.74, 6) is -0.572. The Morgan fingerprint density at radius 2 is 1.82 bits per heavy atom. The van der Waals surface area contributed by atoms with Crippen molar-refractivity contribution in [3.63, 3.8) is 0 Å². The SMILES string of the molecule is CCOC(=O)C(N)C(=O)N(C)C(C)CC(C)C. The van der Waals surface area contributed by atoms with Crippen molar-refractivity contribution < 1.29 is 14.3 Å². The number of likely N-dealkylation sites (N-methyl/N-ethyl adjacent to an activating group) is 1. The van der Waals surface area contributed by atoms with Crippen molar-refractivity contribution in [3.8, 4) is 0 Å². The lowest BCUT2D eigenvalue weighted by molar-refractivity contribution is -0.151. The Labute approximate surface area is 103 Å². The predicted octanol–water partition coefficient (Wildman–Crippen LogP) is 0.770. The van der Waals surface area contributed by atoms with Gasteiger partial charge < -0.3 is 15.4 Å². The third kappa shape index (κ3) is 5.17. The zero-order valence-corrected chi connectivity index (χ0v) is 11.4. The monoisotopic (exact) mass is 244 g/mol. The first-order valence-electron chi connectivity index (χ1n) is 6.00. The van der Waals surface area contributed by atoms with Crippen LogP contribution in [0.25, 0.3) is 0 Å². The molecule has 0 aromatic carbocycles. The van der Waals surface area contributed by atoms with Crippen LogP contribution >= 0.6 is 0 Å². The van der Waals surface area contributed by atoms with Crippen LogP contribution < -0.4 is 5.73 Å². The van der Waals surface area contributed by atoms with Gasteiger partial charge in [-0.2, -0.15) is 0 Å². The number of hydrogen-bond donors (Lipinski definition) is 1. The molecule has 1 amide bonds. The molecule has 17 heavy (non-hydrogen) atoms. The summed E-state index contributed by atoms with van der Waals surface area (Å²) in [5.41, 5.74) is 5.55. The molecule has 0 radical (unpaired) electrons. The Morgan fingerprint density at radius 3 is 2.24 bits per heavy atom. The molecule has 0 saturated carbocycles. The van der Waals surface area contributed by atoms with E-state index in [0.717, 1.165) is 6.42 Å². The molecule has 0 aliphatic rings. The van der Waals surface area contributed by atoms with Crippen LogP contribution in [0.5, 0.6) is 0 Å². The van der Waals surface area contributed by atoms with Gasteiger partial charge in [0.2, 0.25) is 0 Å². The standard InChI is InChI=1S/C12H24N2O3/c1-6-17-12(16)10(13)11(15)14(5)9(4)7-8(2)3/h8-10H,6-7,13H2,1-5H3. The molecule has 0 aromatic rings. The molecule has 0 bridgehead atoms. The van der Waals surface area contributed by atoms with Gasteiger partial charge in [0, 0.05) is 13.1 Å². The van der Waals surface area contributed by atoms with Crippen LogP contribution in [-0.2, 0) is 14.3 Å². The summed E-state index contributed by atoms with van der Waals surface area (Å²) in [4.78, 5) is 24.7. The van der Waals surface area contributed by atoms with Crippen molar-refractivity contribution in [1.29, 1.82) is 0 Å². The van der Waals surface area contributed by atoms with E-state index in [1.54, 1.807) is 14.0 Å². The molecule has 0 aromatic heterocycles. The molecule has 0 spiro atoms. The molecule has 0 aliphatic carbocycles. The zero-order valence-electron chi connectivity index (χ0n) is 11.4. The largest absolute Gasteiger partial charge is 0.464 e. The summed E-state index contributed by atoms with van der Waals surface area (Å²) in [5, 5.41) is 0. The average molecular weight is 244 g/mol. The van der Waals surface area contributed by atoms with E-state index in [-0.39, 0.29) is 12.6 Å². The minimum atomic E-state index is -1.21. The summed E-state index contributed by atoms with van der Waals surface area (Å²) in [7, 11) is 1.66. The van der Waals surface area contributed by atoms with Gasteiger partial charge in [-0.3, -0.25) is 4.79 Å². The van der Waals surface area contributed by atoms with Crippen LogP contribution in [0.15, 0.2) is 0 Å². The fourth-order valence-corrected chi connectivity index (χ4v) is 1.61. The van der Waals surface area contributed by atoms with E-state index in [9.17, 15) is 9.59 Å². The van der Waals surface area contributed by atoms with Gasteiger partial charge in [0.05, 0.1) is 6.61 Å². The molecule has 2 unspecified atom stereocenters. The fourth-order valence-electron chi connectivity index (χ4n) is 1.61. The normalized spacial score (nSPS) is 14.3. The van der Waals surface area contributed by atoms with E-state index in [0.29, 0.717) is 5.92 Å². The average Bonchev–Trinajstić information content (AvgIpc) is 2.25. The van der Waals surface area contributed by atoms with Crippen LogP contribution in [-0.4, -0.2) is 42.5 Å². The number of carbonyl (C=O) groups is 2. The number of esters is 1. The second kappa shape index (κ2) is 7.27. The lowest BCUT2D eigenvalue weighted by Gasteiger charge is -2.28. The molecular formula is C12H24N2O3. The highest BCUT2D eigenvalue weighted by Crippen LogP contribution is 2.10. The maximum Gasteiger partial charge on any atom is 0.332 e. The molecule has 2 atom stereocenters. The van der Waals surface area contributed by atoms with Crippen molar-refractivity contribution in [1.82, 2.24) is 4.90 Å². The van der Waals surface area contributed by atoms with Crippen LogP contribution in [0.1, 0.15) is 34.1 Å². The van der Waals surface area contributed by atoms with Gasteiger partial charge in [0.15, 0.2) is 6.04 Å². The third-order valence-electron chi connectivity index (χ3n) is 2.63. The van der Waals surface area contributed by atoms with Gasteiger partial charge in [-0.15, -0.1) is 0 Å². The number of carbonyl (C=O) groups excluding carboxylic acids is 2. The quantitative estimate of drug-likeness (QED) is 0.553. The van der Waals surface area contributed by atoms with Crippen molar-refractivity contribution in [2.75, 3.05) is 13.7 Å². The highest BCUT2D eigenvalue weighted by molar-refractivity contribution is 6.01. The van der Waals surface area contributed by atoms with Crippen LogP contribution in [0.3, 0.4) is 0 Å². The lowest BCUT2D eigenvalue weighted by atomic mass is 10.0. The van der Waals surface area contributed by atoms with Gasteiger partial charge in [0.25, 0.3) is 5.91 Å². The van der Waals surface area contributed by atoms with Crippen molar-refractivity contribution in [2.24, 2.45) is 11.7 Å². The lowest BCUT2D eigenvalue weighted by Crippen LogP contribution is -2.50.